The number of hydrogen-bond donors (Lipinski definition) is 1. The summed E-state index contributed by atoms with van der Waals surface area (Å²) in [7, 11) is 3.55. The summed E-state index contributed by atoms with van der Waals surface area (Å²) < 4.78 is 5.16. The monoisotopic (exact) mass is 345 g/mol. The van der Waals surface area contributed by atoms with Crippen LogP contribution in [0.25, 0.3) is 0 Å². The Morgan fingerprint density at radius 2 is 2.08 bits per heavy atom. The van der Waals surface area contributed by atoms with Gasteiger partial charge in [-0.1, -0.05) is 12.1 Å². The third-order valence-corrected chi connectivity index (χ3v) is 5.20. The van der Waals surface area contributed by atoms with Crippen LogP contribution in [0, 0.1) is 5.92 Å². The van der Waals surface area contributed by atoms with Gasteiger partial charge in [0.1, 0.15) is 5.75 Å². The van der Waals surface area contributed by atoms with Gasteiger partial charge in [-0.3, -0.25) is 9.59 Å². The van der Waals surface area contributed by atoms with E-state index in [9.17, 15) is 9.59 Å². The van der Waals surface area contributed by atoms with E-state index in [0.717, 1.165) is 37.2 Å². The molecule has 0 aliphatic carbocycles. The van der Waals surface area contributed by atoms with Crippen molar-refractivity contribution in [2.24, 2.45) is 5.92 Å². The van der Waals surface area contributed by atoms with Gasteiger partial charge in [0.25, 0.3) is 0 Å². The van der Waals surface area contributed by atoms with E-state index >= 15 is 0 Å². The van der Waals surface area contributed by atoms with Gasteiger partial charge in [-0.15, -0.1) is 0 Å². The van der Waals surface area contributed by atoms with Crippen LogP contribution in [0.4, 0.5) is 0 Å². The number of ether oxygens (including phenoxy) is 1. The maximum atomic E-state index is 12.9. The quantitative estimate of drug-likeness (QED) is 0.843. The van der Waals surface area contributed by atoms with Crippen molar-refractivity contribution in [3.63, 3.8) is 0 Å². The summed E-state index contributed by atoms with van der Waals surface area (Å²) in [6.07, 6.45) is 2.43. The highest BCUT2D eigenvalue weighted by Gasteiger charge is 2.39. The highest BCUT2D eigenvalue weighted by molar-refractivity contribution is 5.89. The predicted octanol–water partition coefficient (Wildman–Crippen LogP) is 1.25. The highest BCUT2D eigenvalue weighted by Crippen LogP contribution is 2.26. The average Bonchev–Trinajstić information content (AvgIpc) is 3.22. The highest BCUT2D eigenvalue weighted by atomic mass is 16.5. The average molecular weight is 345 g/mol. The van der Waals surface area contributed by atoms with E-state index in [1.165, 1.54) is 0 Å². The van der Waals surface area contributed by atoms with Gasteiger partial charge in [0.15, 0.2) is 0 Å². The lowest BCUT2D eigenvalue weighted by atomic mass is 10.1. The molecule has 6 nitrogen and oxygen atoms in total. The first kappa shape index (κ1) is 17.7. The second-order valence-corrected chi connectivity index (χ2v) is 6.91. The van der Waals surface area contributed by atoms with Gasteiger partial charge in [0, 0.05) is 38.6 Å². The van der Waals surface area contributed by atoms with E-state index in [1.54, 1.807) is 12.0 Å². The van der Waals surface area contributed by atoms with Crippen LogP contribution in [0.5, 0.6) is 5.75 Å². The summed E-state index contributed by atoms with van der Waals surface area (Å²) in [5, 5.41) is 3.16. The summed E-state index contributed by atoms with van der Waals surface area (Å²) in [5.74, 6) is 0.805. The molecule has 6 heteroatoms. The molecule has 136 valence electrons. The standard InChI is InChI=1S/C19H27N3O3/c1-20-11-16-4-3-9-22(16)19(24)15-10-18(23)21(13-15)12-14-5-7-17(25-2)8-6-14/h5-8,15-16,20H,3-4,9-13H2,1-2H3. The van der Waals surface area contributed by atoms with Crippen LogP contribution >= 0.6 is 0 Å². The Morgan fingerprint density at radius 1 is 1.32 bits per heavy atom. The molecule has 1 aromatic rings. The molecular formula is C19H27N3O3. The lowest BCUT2D eigenvalue weighted by Crippen LogP contribution is -2.44. The lowest BCUT2D eigenvalue weighted by Gasteiger charge is -2.27. The minimum atomic E-state index is -0.205. The predicted molar refractivity (Wildman–Crippen MR) is 95.2 cm³/mol. The van der Waals surface area contributed by atoms with Gasteiger partial charge in [-0.2, -0.15) is 0 Å². The third kappa shape index (κ3) is 3.95. The molecule has 2 heterocycles. The maximum Gasteiger partial charge on any atom is 0.228 e. The fourth-order valence-corrected chi connectivity index (χ4v) is 3.85. The molecule has 2 fully saturated rings. The fraction of sp³-hybridized carbons (Fsp3) is 0.579. The second kappa shape index (κ2) is 7.87. The van der Waals surface area contributed by atoms with E-state index in [4.69, 9.17) is 4.74 Å². The van der Waals surface area contributed by atoms with Gasteiger partial charge in [0.05, 0.1) is 13.0 Å². The van der Waals surface area contributed by atoms with Gasteiger partial charge in [0.2, 0.25) is 11.8 Å². The van der Waals surface area contributed by atoms with Crippen molar-refractivity contribution in [2.75, 3.05) is 33.8 Å². The van der Waals surface area contributed by atoms with E-state index < -0.39 is 0 Å². The summed E-state index contributed by atoms with van der Waals surface area (Å²) in [4.78, 5) is 29.0. The van der Waals surface area contributed by atoms with E-state index in [1.807, 2.05) is 36.2 Å². The Balaban J connectivity index is 1.60. The first-order chi connectivity index (χ1) is 12.1. The number of likely N-dealkylation sites (tertiary alicyclic amines) is 2. The van der Waals surface area contributed by atoms with Crippen molar-refractivity contribution in [3.8, 4) is 5.75 Å². The first-order valence-electron chi connectivity index (χ1n) is 8.98. The molecule has 0 radical (unpaired) electrons. The zero-order valence-corrected chi connectivity index (χ0v) is 15.0. The summed E-state index contributed by atoms with van der Waals surface area (Å²) >= 11 is 0. The summed E-state index contributed by atoms with van der Waals surface area (Å²) in [5.41, 5.74) is 1.05. The van der Waals surface area contributed by atoms with E-state index in [-0.39, 0.29) is 23.8 Å². The number of nitrogens with one attached hydrogen (secondary N) is 1. The molecule has 2 aliphatic heterocycles. The summed E-state index contributed by atoms with van der Waals surface area (Å²) in [6, 6.07) is 7.98. The van der Waals surface area contributed by atoms with Crippen molar-refractivity contribution in [1.29, 1.82) is 0 Å². The van der Waals surface area contributed by atoms with Crippen LogP contribution in [0.2, 0.25) is 0 Å². The molecule has 2 atom stereocenters. The molecule has 0 bridgehead atoms. The molecular weight excluding hydrogens is 318 g/mol. The number of methoxy groups -OCH3 is 1. The molecule has 2 unspecified atom stereocenters. The van der Waals surface area contributed by atoms with Crippen LogP contribution in [0.15, 0.2) is 24.3 Å². The second-order valence-electron chi connectivity index (χ2n) is 6.91. The summed E-state index contributed by atoms with van der Waals surface area (Å²) in [6.45, 7) is 2.70. The van der Waals surface area contributed by atoms with Gasteiger partial charge >= 0.3 is 0 Å². The van der Waals surface area contributed by atoms with Crippen molar-refractivity contribution >= 4 is 11.8 Å². The van der Waals surface area contributed by atoms with E-state index in [0.29, 0.717) is 19.5 Å². The van der Waals surface area contributed by atoms with Gasteiger partial charge < -0.3 is 19.9 Å². The number of hydrogen-bond acceptors (Lipinski definition) is 4. The minimum Gasteiger partial charge on any atom is -0.497 e. The lowest BCUT2D eigenvalue weighted by molar-refractivity contribution is -0.136. The molecule has 2 amide bonds. The molecule has 0 saturated carbocycles. The zero-order valence-electron chi connectivity index (χ0n) is 15.0. The van der Waals surface area contributed by atoms with Crippen LogP contribution in [-0.4, -0.2) is 61.4 Å². The number of nitrogens with zero attached hydrogens (tertiary/aromatic N) is 2. The molecule has 2 saturated heterocycles. The molecule has 0 spiro atoms. The third-order valence-electron chi connectivity index (χ3n) is 5.20. The maximum absolute atomic E-state index is 12.9. The van der Waals surface area contributed by atoms with Crippen molar-refractivity contribution in [3.05, 3.63) is 29.8 Å². The first-order valence-corrected chi connectivity index (χ1v) is 8.98. The fourth-order valence-electron chi connectivity index (χ4n) is 3.85. The topological polar surface area (TPSA) is 61.9 Å². The number of amides is 2. The zero-order chi connectivity index (χ0) is 17.8. The Labute approximate surface area is 149 Å². The van der Waals surface area contributed by atoms with Gasteiger partial charge in [-0.05, 0) is 37.6 Å². The normalized spacial score (nSPS) is 23.4. The molecule has 3 rings (SSSR count). The van der Waals surface area contributed by atoms with Crippen molar-refractivity contribution in [1.82, 2.24) is 15.1 Å². The Kier molecular flexibility index (Phi) is 5.58. The number of rotatable bonds is 6. The number of carbonyl (C=O) groups excluding carboxylic acids is 2. The van der Waals surface area contributed by atoms with E-state index in [2.05, 4.69) is 5.32 Å². The molecule has 25 heavy (non-hydrogen) atoms. The van der Waals surface area contributed by atoms with Crippen molar-refractivity contribution in [2.45, 2.75) is 31.8 Å². The van der Waals surface area contributed by atoms with Crippen LogP contribution in [0.3, 0.4) is 0 Å². The Bertz CT molecular complexity index is 617. The number of carbonyl (C=O) groups is 2. The van der Waals surface area contributed by atoms with Crippen molar-refractivity contribution < 1.29 is 14.3 Å². The molecule has 1 N–H and O–H groups in total. The molecule has 1 aromatic carbocycles. The Hall–Kier alpha value is -2.08. The smallest absolute Gasteiger partial charge is 0.228 e. The molecule has 0 aromatic heterocycles. The van der Waals surface area contributed by atoms with Gasteiger partial charge in [-0.25, -0.2) is 0 Å². The largest absolute Gasteiger partial charge is 0.497 e. The van der Waals surface area contributed by atoms with Crippen LogP contribution < -0.4 is 10.1 Å². The number of benzene rings is 1. The van der Waals surface area contributed by atoms with Crippen LogP contribution in [-0.2, 0) is 16.1 Å². The Morgan fingerprint density at radius 3 is 2.76 bits per heavy atom. The SMILES string of the molecule is CNCC1CCCN1C(=O)C1CC(=O)N(Cc2ccc(OC)cc2)C1. The van der Waals surface area contributed by atoms with Crippen LogP contribution in [0.1, 0.15) is 24.8 Å². The molecule has 2 aliphatic rings. The number of likely N-dealkylation sites (N-methyl/N-ethyl adjacent to an activating group) is 1. The minimum absolute atomic E-state index is 0.0681.